The van der Waals surface area contributed by atoms with Gasteiger partial charge in [0.1, 0.15) is 19.0 Å². The van der Waals surface area contributed by atoms with Crippen molar-refractivity contribution >= 4 is 39.8 Å². The molecule has 32 heavy (non-hydrogen) atoms. The molecule has 0 unspecified atom stereocenters. The van der Waals surface area contributed by atoms with Crippen LogP contribution in [0, 0.1) is 0 Å². The van der Waals surface area contributed by atoms with Crippen LogP contribution in [0.15, 0.2) is 46.8 Å². The van der Waals surface area contributed by atoms with Crippen LogP contribution in [0.5, 0.6) is 17.2 Å². The first kappa shape index (κ1) is 22.2. The van der Waals surface area contributed by atoms with Crippen LogP contribution < -0.4 is 19.5 Å². The van der Waals surface area contributed by atoms with Crippen LogP contribution >= 0.6 is 23.1 Å². The normalized spacial score (nSPS) is 12.3. The fourth-order valence-electron chi connectivity index (χ4n) is 3.11. The van der Waals surface area contributed by atoms with Gasteiger partial charge in [-0.1, -0.05) is 29.2 Å². The smallest absolute Gasteiger partial charge is 0.233 e. The van der Waals surface area contributed by atoms with Gasteiger partial charge in [-0.05, 0) is 48.9 Å². The van der Waals surface area contributed by atoms with Crippen LogP contribution in [-0.2, 0) is 11.3 Å². The molecule has 0 bridgehead atoms. The summed E-state index contributed by atoms with van der Waals surface area (Å²) in [5, 5.41) is 12.2. The maximum absolute atomic E-state index is 12.8. The maximum atomic E-state index is 12.8. The highest BCUT2D eigenvalue weighted by Crippen LogP contribution is 2.32. The standard InChI is InChI=1S/C22H24N4O4S2/c1-3-26(13-15-4-9-18-19(12-15)30-11-10-29-18)20(27)14-31-22-25-24-21(32-22)23-16-5-7-17(28-2)8-6-16/h4-9,12H,3,10-11,13-14H2,1-2H3,(H,23,24). The molecule has 0 aliphatic carbocycles. The van der Waals surface area contributed by atoms with Crippen molar-refractivity contribution in [3.63, 3.8) is 0 Å². The quantitative estimate of drug-likeness (QED) is 0.464. The molecule has 0 spiro atoms. The number of thioether (sulfide) groups is 1. The first-order valence-electron chi connectivity index (χ1n) is 10.2. The van der Waals surface area contributed by atoms with Gasteiger partial charge >= 0.3 is 0 Å². The van der Waals surface area contributed by atoms with E-state index in [1.54, 1.807) is 7.11 Å². The minimum Gasteiger partial charge on any atom is -0.497 e. The summed E-state index contributed by atoms with van der Waals surface area (Å²) in [6.07, 6.45) is 0. The average molecular weight is 473 g/mol. The molecule has 168 valence electrons. The predicted octanol–water partition coefficient (Wildman–Crippen LogP) is 4.20. The summed E-state index contributed by atoms with van der Waals surface area (Å²) in [5.41, 5.74) is 1.91. The highest BCUT2D eigenvalue weighted by molar-refractivity contribution is 8.01. The lowest BCUT2D eigenvalue weighted by Crippen LogP contribution is -2.31. The van der Waals surface area contributed by atoms with E-state index in [0.717, 1.165) is 32.8 Å². The van der Waals surface area contributed by atoms with E-state index in [4.69, 9.17) is 14.2 Å². The van der Waals surface area contributed by atoms with Crippen LogP contribution in [0.4, 0.5) is 10.8 Å². The molecule has 1 aliphatic heterocycles. The zero-order chi connectivity index (χ0) is 22.3. The van der Waals surface area contributed by atoms with Crippen molar-refractivity contribution in [2.24, 2.45) is 0 Å². The predicted molar refractivity (Wildman–Crippen MR) is 125 cm³/mol. The summed E-state index contributed by atoms with van der Waals surface area (Å²) in [6, 6.07) is 13.4. The minimum absolute atomic E-state index is 0.0484. The number of nitrogens with zero attached hydrogens (tertiary/aromatic N) is 3. The number of amides is 1. The van der Waals surface area contributed by atoms with E-state index in [2.05, 4.69) is 15.5 Å². The molecule has 1 N–H and O–H groups in total. The number of fused-ring (bicyclic) bond motifs is 1. The molecule has 2 heterocycles. The number of rotatable bonds is 9. The molecule has 1 aromatic heterocycles. The number of carbonyl (C=O) groups excluding carboxylic acids is 1. The fraction of sp³-hybridized carbons (Fsp3) is 0.318. The van der Waals surface area contributed by atoms with Gasteiger partial charge in [0.15, 0.2) is 15.8 Å². The van der Waals surface area contributed by atoms with Gasteiger partial charge < -0.3 is 24.4 Å². The zero-order valence-corrected chi connectivity index (χ0v) is 19.5. The van der Waals surface area contributed by atoms with E-state index in [0.29, 0.717) is 37.2 Å². The van der Waals surface area contributed by atoms with Crippen molar-refractivity contribution < 1.29 is 19.0 Å². The summed E-state index contributed by atoms with van der Waals surface area (Å²) >= 11 is 2.81. The number of benzene rings is 2. The van der Waals surface area contributed by atoms with E-state index in [-0.39, 0.29) is 5.91 Å². The monoisotopic (exact) mass is 472 g/mol. The summed E-state index contributed by atoms with van der Waals surface area (Å²) in [4.78, 5) is 14.6. The SMILES string of the molecule is CCN(Cc1ccc2c(c1)OCCO2)C(=O)CSc1nnc(Nc2ccc(OC)cc2)s1. The number of methoxy groups -OCH3 is 1. The van der Waals surface area contributed by atoms with E-state index in [1.807, 2.05) is 54.3 Å². The van der Waals surface area contributed by atoms with Crippen LogP contribution in [0.3, 0.4) is 0 Å². The number of hydrogen-bond donors (Lipinski definition) is 1. The van der Waals surface area contributed by atoms with Crippen molar-refractivity contribution in [1.29, 1.82) is 0 Å². The molecule has 0 saturated heterocycles. The first-order chi connectivity index (χ1) is 15.6. The highest BCUT2D eigenvalue weighted by Gasteiger charge is 2.17. The molecular formula is C22H24N4O4S2. The Morgan fingerprint density at radius 3 is 2.69 bits per heavy atom. The fourth-order valence-corrected chi connectivity index (χ4v) is 4.79. The van der Waals surface area contributed by atoms with Crippen molar-refractivity contribution in [3.05, 3.63) is 48.0 Å². The second-order valence-electron chi connectivity index (χ2n) is 6.90. The third-order valence-corrected chi connectivity index (χ3v) is 6.74. The van der Waals surface area contributed by atoms with Gasteiger partial charge in [0.2, 0.25) is 11.0 Å². The third-order valence-electron chi connectivity index (χ3n) is 4.78. The summed E-state index contributed by atoms with van der Waals surface area (Å²) < 4.78 is 17.1. The highest BCUT2D eigenvalue weighted by atomic mass is 32.2. The lowest BCUT2D eigenvalue weighted by Gasteiger charge is -2.23. The molecular weight excluding hydrogens is 448 g/mol. The van der Waals surface area contributed by atoms with Gasteiger partial charge in [0.05, 0.1) is 12.9 Å². The van der Waals surface area contributed by atoms with Gasteiger partial charge in [0, 0.05) is 18.8 Å². The van der Waals surface area contributed by atoms with Gasteiger partial charge in [-0.3, -0.25) is 4.79 Å². The lowest BCUT2D eigenvalue weighted by atomic mass is 10.2. The average Bonchev–Trinajstić information content (AvgIpc) is 3.28. The van der Waals surface area contributed by atoms with Crippen molar-refractivity contribution in [2.75, 3.05) is 37.9 Å². The molecule has 0 atom stereocenters. The Morgan fingerprint density at radius 1 is 1.16 bits per heavy atom. The van der Waals surface area contributed by atoms with E-state index in [1.165, 1.54) is 23.1 Å². The number of ether oxygens (including phenoxy) is 3. The Bertz CT molecular complexity index is 1060. The second kappa shape index (κ2) is 10.6. The Balaban J connectivity index is 1.30. The Hall–Kier alpha value is -2.98. The van der Waals surface area contributed by atoms with Crippen LogP contribution in [0.2, 0.25) is 0 Å². The van der Waals surface area contributed by atoms with E-state index < -0.39 is 0 Å². The molecule has 0 saturated carbocycles. The number of aromatic nitrogens is 2. The van der Waals surface area contributed by atoms with Gasteiger partial charge in [0.25, 0.3) is 0 Å². The second-order valence-corrected chi connectivity index (χ2v) is 9.10. The summed E-state index contributed by atoms with van der Waals surface area (Å²) in [7, 11) is 1.63. The number of carbonyl (C=O) groups is 1. The molecule has 4 rings (SSSR count). The third kappa shape index (κ3) is 5.63. The Kier molecular flexibility index (Phi) is 7.33. The molecule has 1 amide bonds. The maximum Gasteiger partial charge on any atom is 0.233 e. The summed E-state index contributed by atoms with van der Waals surface area (Å²) in [6.45, 7) is 4.22. The molecule has 1 aliphatic rings. The van der Waals surface area contributed by atoms with E-state index in [9.17, 15) is 4.79 Å². The molecule has 8 nitrogen and oxygen atoms in total. The largest absolute Gasteiger partial charge is 0.497 e. The summed E-state index contributed by atoms with van der Waals surface area (Å²) in [5.74, 6) is 2.62. The molecule has 2 aromatic carbocycles. The lowest BCUT2D eigenvalue weighted by molar-refractivity contribution is -0.128. The Morgan fingerprint density at radius 2 is 1.94 bits per heavy atom. The van der Waals surface area contributed by atoms with E-state index >= 15 is 0 Å². The molecule has 0 radical (unpaired) electrons. The van der Waals surface area contributed by atoms with Crippen molar-refractivity contribution in [1.82, 2.24) is 15.1 Å². The van der Waals surface area contributed by atoms with Gasteiger partial charge in [-0.15, -0.1) is 10.2 Å². The molecule has 3 aromatic rings. The number of anilines is 2. The molecule has 0 fully saturated rings. The van der Waals surface area contributed by atoms with Crippen LogP contribution in [0.25, 0.3) is 0 Å². The number of hydrogen-bond acceptors (Lipinski definition) is 9. The van der Waals surface area contributed by atoms with Gasteiger partial charge in [-0.25, -0.2) is 0 Å². The van der Waals surface area contributed by atoms with Crippen LogP contribution in [-0.4, -0.2) is 53.6 Å². The Labute approximate surface area is 194 Å². The minimum atomic E-state index is 0.0484. The molecule has 10 heteroatoms. The topological polar surface area (TPSA) is 85.8 Å². The van der Waals surface area contributed by atoms with Gasteiger partial charge in [-0.2, -0.15) is 0 Å². The van der Waals surface area contributed by atoms with Crippen LogP contribution in [0.1, 0.15) is 12.5 Å². The van der Waals surface area contributed by atoms with Crippen molar-refractivity contribution in [2.45, 2.75) is 17.8 Å². The van der Waals surface area contributed by atoms with Crippen molar-refractivity contribution in [3.8, 4) is 17.2 Å². The first-order valence-corrected chi connectivity index (χ1v) is 12.0. The zero-order valence-electron chi connectivity index (χ0n) is 17.9. The number of nitrogens with one attached hydrogen (secondary N) is 1.